The van der Waals surface area contributed by atoms with E-state index in [0.29, 0.717) is 19.3 Å². The predicted octanol–water partition coefficient (Wildman–Crippen LogP) is 13.9. The quantitative estimate of drug-likeness (QED) is 0.0271. The summed E-state index contributed by atoms with van der Waals surface area (Å²) in [5, 5.41) is 0. The highest BCUT2D eigenvalue weighted by Gasteiger charge is 2.19. The van der Waals surface area contributed by atoms with Gasteiger partial charge in [-0.1, -0.05) is 193 Å². The summed E-state index contributed by atoms with van der Waals surface area (Å²) < 4.78 is 16.7. The van der Waals surface area contributed by atoms with Crippen molar-refractivity contribution in [2.45, 2.75) is 245 Å². The second-order valence-electron chi connectivity index (χ2n) is 15.0. The number of carbonyl (C=O) groups is 3. The third-order valence-corrected chi connectivity index (χ3v) is 9.77. The molecule has 0 amide bonds. The summed E-state index contributed by atoms with van der Waals surface area (Å²) in [6.07, 6.45) is 41.9. The van der Waals surface area contributed by atoms with E-state index in [9.17, 15) is 14.4 Å². The first-order chi connectivity index (χ1) is 25.0. The molecule has 0 aliphatic heterocycles. The van der Waals surface area contributed by atoms with Gasteiger partial charge >= 0.3 is 17.9 Å². The van der Waals surface area contributed by atoms with Crippen LogP contribution in [0, 0.1) is 0 Å². The molecule has 0 N–H and O–H groups in total. The van der Waals surface area contributed by atoms with Gasteiger partial charge in [-0.3, -0.25) is 14.4 Å². The van der Waals surface area contributed by atoms with Crippen molar-refractivity contribution < 1.29 is 28.6 Å². The predicted molar refractivity (Wildman–Crippen MR) is 215 cm³/mol. The number of ether oxygens (including phenoxy) is 3. The Labute approximate surface area is 316 Å². The Kier molecular flexibility index (Phi) is 39.4. The van der Waals surface area contributed by atoms with Crippen LogP contribution in [-0.2, 0) is 28.6 Å². The number of unbranched alkanes of at least 4 members (excludes halogenated alkanes) is 27. The summed E-state index contributed by atoms with van der Waals surface area (Å²) in [5.41, 5.74) is 0. The van der Waals surface area contributed by atoms with Crippen molar-refractivity contribution in [2.24, 2.45) is 0 Å². The van der Waals surface area contributed by atoms with Crippen molar-refractivity contribution in [1.29, 1.82) is 0 Å². The van der Waals surface area contributed by atoms with Crippen LogP contribution < -0.4 is 0 Å². The molecule has 0 rings (SSSR count). The summed E-state index contributed by atoms with van der Waals surface area (Å²) in [6.45, 7) is 6.58. The second-order valence-corrected chi connectivity index (χ2v) is 15.0. The maximum Gasteiger partial charge on any atom is 0.306 e. The van der Waals surface area contributed by atoms with Crippen molar-refractivity contribution in [2.75, 3.05) is 13.2 Å². The maximum atomic E-state index is 12.7. The number of hydrogen-bond acceptors (Lipinski definition) is 6. The zero-order chi connectivity index (χ0) is 37.3. The Morgan fingerprint density at radius 2 is 0.667 bits per heavy atom. The molecule has 0 fully saturated rings. The van der Waals surface area contributed by atoms with Gasteiger partial charge in [0.1, 0.15) is 13.2 Å². The summed E-state index contributed by atoms with van der Waals surface area (Å²) in [5.74, 6) is -0.874. The van der Waals surface area contributed by atoms with Crippen molar-refractivity contribution in [3.8, 4) is 0 Å². The highest BCUT2D eigenvalue weighted by Crippen LogP contribution is 2.15. The molecular formula is C45H84O6. The zero-order valence-corrected chi connectivity index (χ0v) is 34.1. The summed E-state index contributed by atoms with van der Waals surface area (Å²) in [4.78, 5) is 37.6. The van der Waals surface area contributed by atoms with E-state index in [4.69, 9.17) is 14.2 Å². The topological polar surface area (TPSA) is 78.9 Å². The number of allylic oxidation sites excluding steroid dienone is 2. The van der Waals surface area contributed by atoms with Crippen molar-refractivity contribution in [3.05, 3.63) is 12.2 Å². The molecule has 0 aromatic carbocycles. The van der Waals surface area contributed by atoms with Crippen molar-refractivity contribution >= 4 is 17.9 Å². The van der Waals surface area contributed by atoms with E-state index in [1.807, 2.05) is 0 Å². The van der Waals surface area contributed by atoms with E-state index in [-0.39, 0.29) is 31.1 Å². The molecule has 0 aromatic rings. The van der Waals surface area contributed by atoms with Gasteiger partial charge in [0, 0.05) is 19.3 Å². The van der Waals surface area contributed by atoms with E-state index in [0.717, 1.165) is 64.2 Å². The van der Waals surface area contributed by atoms with Crippen LogP contribution in [0.25, 0.3) is 0 Å². The van der Waals surface area contributed by atoms with Crippen LogP contribution in [0.3, 0.4) is 0 Å². The van der Waals surface area contributed by atoms with Gasteiger partial charge in [0.2, 0.25) is 0 Å². The first kappa shape index (κ1) is 49.1. The lowest BCUT2D eigenvalue weighted by molar-refractivity contribution is -0.167. The van der Waals surface area contributed by atoms with Crippen LogP contribution in [0.15, 0.2) is 12.2 Å². The first-order valence-corrected chi connectivity index (χ1v) is 22.2. The standard InChI is InChI=1S/C45H84O6/c1-4-7-10-13-16-19-22-25-28-31-34-37-43(46)49-40-42(51-45(48)39-36-33-30-27-24-21-18-15-12-9-6-3)41-50-44(47)38-35-32-29-26-23-20-17-14-11-8-5-2/h15,18,42H,4-14,16-17,19-41H2,1-3H3/b18-15-. The molecule has 6 heteroatoms. The van der Waals surface area contributed by atoms with Crippen molar-refractivity contribution in [1.82, 2.24) is 0 Å². The number of esters is 3. The highest BCUT2D eigenvalue weighted by atomic mass is 16.6. The SMILES string of the molecule is CCCC/C=C\CCCCCCCC(=O)OC(COC(=O)CCCCCCCCCCCCC)COC(=O)CCCCCCCCCCCCC. The molecule has 0 bridgehead atoms. The lowest BCUT2D eigenvalue weighted by Crippen LogP contribution is -2.30. The Hall–Kier alpha value is -1.85. The van der Waals surface area contributed by atoms with Gasteiger partial charge in [0.25, 0.3) is 0 Å². The van der Waals surface area contributed by atoms with Crippen LogP contribution in [0.1, 0.15) is 239 Å². The minimum atomic E-state index is -0.764. The maximum absolute atomic E-state index is 12.7. The van der Waals surface area contributed by atoms with Crippen LogP contribution in [0.4, 0.5) is 0 Å². The first-order valence-electron chi connectivity index (χ1n) is 22.2. The summed E-state index contributed by atoms with van der Waals surface area (Å²) >= 11 is 0. The van der Waals surface area contributed by atoms with Gasteiger partial charge < -0.3 is 14.2 Å². The van der Waals surface area contributed by atoms with E-state index in [1.54, 1.807) is 0 Å². The molecular weight excluding hydrogens is 636 g/mol. The third kappa shape index (κ3) is 39.2. The molecule has 0 aromatic heterocycles. The van der Waals surface area contributed by atoms with E-state index in [2.05, 4.69) is 32.9 Å². The normalized spacial score (nSPS) is 11.5. The molecule has 0 aliphatic carbocycles. The van der Waals surface area contributed by atoms with Gasteiger partial charge in [-0.15, -0.1) is 0 Å². The van der Waals surface area contributed by atoms with Crippen molar-refractivity contribution in [3.63, 3.8) is 0 Å². The minimum Gasteiger partial charge on any atom is -0.462 e. The lowest BCUT2D eigenvalue weighted by atomic mass is 10.1. The summed E-state index contributed by atoms with van der Waals surface area (Å²) in [7, 11) is 0. The number of carbonyl (C=O) groups excluding carboxylic acids is 3. The molecule has 51 heavy (non-hydrogen) atoms. The molecule has 0 atom stereocenters. The average molecular weight is 721 g/mol. The fourth-order valence-corrected chi connectivity index (χ4v) is 6.36. The van der Waals surface area contributed by atoms with Gasteiger partial charge in [-0.2, -0.15) is 0 Å². The Balaban J connectivity index is 4.35. The van der Waals surface area contributed by atoms with Gasteiger partial charge in [0.15, 0.2) is 6.10 Å². The highest BCUT2D eigenvalue weighted by molar-refractivity contribution is 5.71. The van der Waals surface area contributed by atoms with E-state index < -0.39 is 6.10 Å². The molecule has 300 valence electrons. The van der Waals surface area contributed by atoms with Gasteiger partial charge in [0.05, 0.1) is 0 Å². The van der Waals surface area contributed by atoms with Gasteiger partial charge in [-0.25, -0.2) is 0 Å². The Bertz CT molecular complexity index is 752. The fourth-order valence-electron chi connectivity index (χ4n) is 6.36. The van der Waals surface area contributed by atoms with Crippen LogP contribution >= 0.6 is 0 Å². The lowest BCUT2D eigenvalue weighted by Gasteiger charge is -2.18. The largest absolute Gasteiger partial charge is 0.462 e. The Morgan fingerprint density at radius 1 is 0.373 bits per heavy atom. The molecule has 0 radical (unpaired) electrons. The molecule has 0 saturated carbocycles. The monoisotopic (exact) mass is 721 g/mol. The van der Waals surface area contributed by atoms with E-state index >= 15 is 0 Å². The molecule has 0 unspecified atom stereocenters. The molecule has 0 spiro atoms. The van der Waals surface area contributed by atoms with Crippen LogP contribution in [0.2, 0.25) is 0 Å². The second kappa shape index (κ2) is 40.9. The molecule has 6 nitrogen and oxygen atoms in total. The third-order valence-electron chi connectivity index (χ3n) is 9.77. The average Bonchev–Trinajstić information content (AvgIpc) is 3.12. The number of rotatable bonds is 40. The van der Waals surface area contributed by atoms with Crippen LogP contribution in [-0.4, -0.2) is 37.2 Å². The minimum absolute atomic E-state index is 0.0693. The number of hydrogen-bond donors (Lipinski definition) is 0. The van der Waals surface area contributed by atoms with Gasteiger partial charge in [-0.05, 0) is 38.5 Å². The van der Waals surface area contributed by atoms with E-state index in [1.165, 1.54) is 135 Å². The Morgan fingerprint density at radius 3 is 1.04 bits per heavy atom. The molecule has 0 heterocycles. The summed E-state index contributed by atoms with van der Waals surface area (Å²) in [6, 6.07) is 0. The molecule has 0 saturated heterocycles. The zero-order valence-electron chi connectivity index (χ0n) is 34.1. The smallest absolute Gasteiger partial charge is 0.306 e. The van der Waals surface area contributed by atoms with Crippen LogP contribution in [0.5, 0.6) is 0 Å². The fraction of sp³-hybridized carbons (Fsp3) is 0.889. The molecule has 0 aliphatic rings.